The zero-order chi connectivity index (χ0) is 14.8. The van der Waals surface area contributed by atoms with Gasteiger partial charge in [0.05, 0.1) is 24.7 Å². The summed E-state index contributed by atoms with van der Waals surface area (Å²) in [5.74, 6) is -1.07. The van der Waals surface area contributed by atoms with Gasteiger partial charge >= 0.3 is 12.1 Å². The molecule has 0 aromatic rings. The third-order valence-electron chi connectivity index (χ3n) is 3.40. The van der Waals surface area contributed by atoms with Crippen LogP contribution in [0.1, 0.15) is 41.0 Å². The van der Waals surface area contributed by atoms with Crippen molar-refractivity contribution in [2.75, 3.05) is 6.61 Å². The molecule has 0 saturated carbocycles. The Morgan fingerprint density at radius 1 is 1.42 bits per heavy atom. The van der Waals surface area contributed by atoms with Gasteiger partial charge in [-0.1, -0.05) is 6.92 Å². The van der Waals surface area contributed by atoms with Crippen molar-refractivity contribution in [3.8, 4) is 0 Å². The maximum absolute atomic E-state index is 11.9. The number of carbonyl (C=O) groups is 2. The zero-order valence-electron chi connectivity index (χ0n) is 12.1. The molecule has 3 atom stereocenters. The Kier molecular flexibility index (Phi) is 4.45. The number of ether oxygens (including phenoxy) is 2. The lowest BCUT2D eigenvalue weighted by Gasteiger charge is -2.33. The van der Waals surface area contributed by atoms with Crippen molar-refractivity contribution < 1.29 is 24.2 Å². The van der Waals surface area contributed by atoms with E-state index in [-0.39, 0.29) is 25.0 Å². The van der Waals surface area contributed by atoms with Crippen LogP contribution in [0, 0.1) is 5.92 Å². The van der Waals surface area contributed by atoms with Crippen LogP contribution in [-0.2, 0) is 14.3 Å². The van der Waals surface area contributed by atoms with Gasteiger partial charge in [0.25, 0.3) is 0 Å². The standard InChI is InChI=1S/C13H23NO5/c1-8-9(2)18-7-13(8,6-10(15)16)14-11(17)19-12(3,4)5/h8-9H,6-7H2,1-5H3,(H,14,17)(H,15,16). The first kappa shape index (κ1) is 15.8. The first-order valence-corrected chi connectivity index (χ1v) is 6.40. The highest BCUT2D eigenvalue weighted by molar-refractivity contribution is 5.73. The maximum Gasteiger partial charge on any atom is 0.408 e. The van der Waals surface area contributed by atoms with Crippen LogP contribution in [0.3, 0.4) is 0 Å². The van der Waals surface area contributed by atoms with Crippen molar-refractivity contribution in [2.24, 2.45) is 5.92 Å². The Morgan fingerprint density at radius 3 is 2.37 bits per heavy atom. The Morgan fingerprint density at radius 2 is 2.00 bits per heavy atom. The van der Waals surface area contributed by atoms with Crippen LogP contribution < -0.4 is 5.32 Å². The minimum Gasteiger partial charge on any atom is -0.481 e. The number of nitrogens with one attached hydrogen (secondary N) is 1. The summed E-state index contributed by atoms with van der Waals surface area (Å²) in [4.78, 5) is 22.9. The molecule has 6 nitrogen and oxygen atoms in total. The summed E-state index contributed by atoms with van der Waals surface area (Å²) >= 11 is 0. The van der Waals surface area contributed by atoms with Gasteiger partial charge in [-0.15, -0.1) is 0 Å². The number of rotatable bonds is 3. The molecule has 1 fully saturated rings. The second-order valence-electron chi connectivity index (χ2n) is 6.16. The molecule has 1 saturated heterocycles. The molecule has 0 aliphatic carbocycles. The summed E-state index contributed by atoms with van der Waals surface area (Å²) in [7, 11) is 0. The molecule has 0 aromatic carbocycles. The van der Waals surface area contributed by atoms with Gasteiger partial charge in [-0.25, -0.2) is 4.79 Å². The van der Waals surface area contributed by atoms with Gasteiger partial charge in [-0.3, -0.25) is 4.79 Å². The molecule has 1 amide bonds. The fourth-order valence-electron chi connectivity index (χ4n) is 2.19. The number of carbonyl (C=O) groups excluding carboxylic acids is 1. The van der Waals surface area contributed by atoms with Crippen LogP contribution in [0.15, 0.2) is 0 Å². The SMILES string of the molecule is CC1OCC(CC(=O)O)(NC(=O)OC(C)(C)C)C1C. The van der Waals surface area contributed by atoms with Gasteiger partial charge in [0, 0.05) is 5.92 Å². The first-order valence-electron chi connectivity index (χ1n) is 6.40. The fraction of sp³-hybridized carbons (Fsp3) is 0.846. The van der Waals surface area contributed by atoms with E-state index in [0.717, 1.165) is 0 Å². The van der Waals surface area contributed by atoms with Gasteiger partial charge in [-0.05, 0) is 27.7 Å². The molecule has 110 valence electrons. The van der Waals surface area contributed by atoms with Crippen LogP contribution >= 0.6 is 0 Å². The molecule has 0 radical (unpaired) electrons. The normalized spacial score (nSPS) is 31.0. The lowest BCUT2D eigenvalue weighted by Crippen LogP contribution is -2.55. The van der Waals surface area contributed by atoms with E-state index in [1.54, 1.807) is 20.8 Å². The van der Waals surface area contributed by atoms with Crippen molar-refractivity contribution in [2.45, 2.75) is 58.3 Å². The van der Waals surface area contributed by atoms with Crippen LogP contribution in [0.5, 0.6) is 0 Å². The summed E-state index contributed by atoms with van der Waals surface area (Å²) < 4.78 is 10.7. The molecule has 1 aliphatic heterocycles. The summed E-state index contributed by atoms with van der Waals surface area (Å²) in [5, 5.41) is 11.7. The molecule has 1 heterocycles. The molecule has 19 heavy (non-hydrogen) atoms. The monoisotopic (exact) mass is 273 g/mol. The zero-order valence-corrected chi connectivity index (χ0v) is 12.1. The minimum absolute atomic E-state index is 0.101. The van der Waals surface area contributed by atoms with Gasteiger partial charge in [0.1, 0.15) is 5.60 Å². The Hall–Kier alpha value is -1.30. The Bertz CT molecular complexity index is 363. The van der Waals surface area contributed by atoms with E-state index >= 15 is 0 Å². The Balaban J connectivity index is 2.82. The number of carboxylic acids is 1. The highest BCUT2D eigenvalue weighted by atomic mass is 16.6. The quantitative estimate of drug-likeness (QED) is 0.818. The molecule has 2 N–H and O–H groups in total. The third-order valence-corrected chi connectivity index (χ3v) is 3.40. The van der Waals surface area contributed by atoms with Gasteiger partial charge in [-0.2, -0.15) is 0 Å². The number of aliphatic carboxylic acids is 1. The molecule has 3 unspecified atom stereocenters. The van der Waals surface area contributed by atoms with E-state index in [0.29, 0.717) is 0 Å². The maximum atomic E-state index is 11.9. The van der Waals surface area contributed by atoms with E-state index < -0.39 is 23.2 Å². The lowest BCUT2D eigenvalue weighted by molar-refractivity contribution is -0.139. The van der Waals surface area contributed by atoms with Gasteiger partial charge in [0.2, 0.25) is 0 Å². The average Bonchev–Trinajstić information content (AvgIpc) is 2.43. The Labute approximate surface area is 113 Å². The summed E-state index contributed by atoms with van der Waals surface area (Å²) in [6.45, 7) is 9.19. The number of carboxylic acid groups (broad SMARTS) is 1. The number of alkyl carbamates (subject to hydrolysis) is 1. The van der Waals surface area contributed by atoms with Crippen molar-refractivity contribution in [1.29, 1.82) is 0 Å². The van der Waals surface area contributed by atoms with E-state index in [2.05, 4.69) is 5.32 Å². The average molecular weight is 273 g/mol. The second kappa shape index (κ2) is 5.36. The summed E-state index contributed by atoms with van der Waals surface area (Å²) in [6.07, 6.45) is -0.898. The highest BCUT2D eigenvalue weighted by Gasteiger charge is 2.48. The van der Waals surface area contributed by atoms with Crippen molar-refractivity contribution in [3.63, 3.8) is 0 Å². The summed E-state index contributed by atoms with van der Waals surface area (Å²) in [5.41, 5.74) is -1.53. The number of hydrogen-bond donors (Lipinski definition) is 2. The number of hydrogen-bond acceptors (Lipinski definition) is 4. The fourth-order valence-corrected chi connectivity index (χ4v) is 2.19. The molecular formula is C13H23NO5. The minimum atomic E-state index is -0.972. The predicted octanol–water partition coefficient (Wildman–Crippen LogP) is 1.78. The van der Waals surface area contributed by atoms with E-state index in [1.807, 2.05) is 13.8 Å². The predicted molar refractivity (Wildman–Crippen MR) is 68.9 cm³/mol. The van der Waals surface area contributed by atoms with Gasteiger partial charge < -0.3 is 19.9 Å². The van der Waals surface area contributed by atoms with Crippen LogP contribution in [0.25, 0.3) is 0 Å². The van der Waals surface area contributed by atoms with Crippen molar-refractivity contribution in [3.05, 3.63) is 0 Å². The molecular weight excluding hydrogens is 250 g/mol. The van der Waals surface area contributed by atoms with Crippen LogP contribution in [-0.4, -0.2) is 41.0 Å². The molecule has 6 heteroatoms. The number of amides is 1. The largest absolute Gasteiger partial charge is 0.481 e. The second-order valence-corrected chi connectivity index (χ2v) is 6.16. The van der Waals surface area contributed by atoms with E-state index in [9.17, 15) is 9.59 Å². The van der Waals surface area contributed by atoms with Crippen molar-refractivity contribution in [1.82, 2.24) is 5.32 Å². The molecule has 0 aromatic heterocycles. The molecule has 1 rings (SSSR count). The van der Waals surface area contributed by atoms with Crippen molar-refractivity contribution >= 4 is 12.1 Å². The highest BCUT2D eigenvalue weighted by Crippen LogP contribution is 2.33. The first-order chi connectivity index (χ1) is 8.56. The summed E-state index contributed by atoms with van der Waals surface area (Å²) in [6, 6.07) is 0. The van der Waals surface area contributed by atoms with Crippen LogP contribution in [0.4, 0.5) is 4.79 Å². The van der Waals surface area contributed by atoms with Crippen LogP contribution in [0.2, 0.25) is 0 Å². The smallest absolute Gasteiger partial charge is 0.408 e. The topological polar surface area (TPSA) is 84.9 Å². The molecule has 0 spiro atoms. The molecule has 0 bridgehead atoms. The van der Waals surface area contributed by atoms with Gasteiger partial charge in [0.15, 0.2) is 0 Å². The lowest BCUT2D eigenvalue weighted by atomic mass is 9.82. The van der Waals surface area contributed by atoms with E-state index in [1.165, 1.54) is 0 Å². The van der Waals surface area contributed by atoms with E-state index in [4.69, 9.17) is 14.6 Å². The third kappa shape index (κ3) is 4.09. The molecule has 1 aliphatic rings.